The van der Waals surface area contributed by atoms with Crippen LogP contribution in [0.5, 0.6) is 0 Å². The van der Waals surface area contributed by atoms with Gasteiger partial charge < -0.3 is 10.5 Å². The van der Waals surface area contributed by atoms with Crippen LogP contribution in [-0.2, 0) is 4.74 Å². The van der Waals surface area contributed by atoms with Crippen molar-refractivity contribution in [3.63, 3.8) is 0 Å². The summed E-state index contributed by atoms with van der Waals surface area (Å²) in [5, 5.41) is 0. The van der Waals surface area contributed by atoms with Crippen molar-refractivity contribution in [2.75, 3.05) is 12.3 Å². The third-order valence-electron chi connectivity index (χ3n) is 2.62. The van der Waals surface area contributed by atoms with Crippen LogP contribution in [0.25, 0.3) is 11.4 Å². The largest absolute Gasteiger partial charge is 0.462 e. The van der Waals surface area contributed by atoms with Crippen molar-refractivity contribution >= 4 is 11.7 Å². The van der Waals surface area contributed by atoms with Crippen LogP contribution < -0.4 is 5.73 Å². The van der Waals surface area contributed by atoms with Crippen molar-refractivity contribution in [3.8, 4) is 11.4 Å². The van der Waals surface area contributed by atoms with E-state index in [-0.39, 0.29) is 0 Å². The van der Waals surface area contributed by atoms with E-state index >= 15 is 0 Å². The van der Waals surface area contributed by atoms with Crippen LogP contribution in [0.3, 0.4) is 0 Å². The van der Waals surface area contributed by atoms with Gasteiger partial charge in [0.2, 0.25) is 0 Å². The Labute approximate surface area is 111 Å². The van der Waals surface area contributed by atoms with E-state index < -0.39 is 5.97 Å². The number of ether oxygens (including phenoxy) is 1. The first-order chi connectivity index (χ1) is 9.11. The van der Waals surface area contributed by atoms with E-state index in [2.05, 4.69) is 9.97 Å². The fraction of sp³-hybridized carbons (Fsp3) is 0.214. The van der Waals surface area contributed by atoms with Gasteiger partial charge in [-0.3, -0.25) is 0 Å². The lowest BCUT2D eigenvalue weighted by atomic mass is 10.1. The lowest BCUT2D eigenvalue weighted by molar-refractivity contribution is 0.0524. The fourth-order valence-corrected chi connectivity index (χ4v) is 1.69. The molecule has 0 unspecified atom stereocenters. The molecule has 0 aliphatic rings. The molecule has 0 saturated carbocycles. The highest BCUT2D eigenvalue weighted by Gasteiger charge is 2.13. The van der Waals surface area contributed by atoms with Gasteiger partial charge in [0.15, 0.2) is 5.82 Å². The van der Waals surface area contributed by atoms with Crippen LogP contribution in [0.1, 0.15) is 23.0 Å². The molecule has 5 nitrogen and oxygen atoms in total. The van der Waals surface area contributed by atoms with Crippen LogP contribution in [0.2, 0.25) is 0 Å². The lowest BCUT2D eigenvalue weighted by Crippen LogP contribution is -2.09. The molecule has 0 fully saturated rings. The average Bonchev–Trinajstić information content (AvgIpc) is 2.38. The molecule has 0 radical (unpaired) electrons. The second-order valence-corrected chi connectivity index (χ2v) is 4.04. The Bertz CT molecular complexity index is 611. The zero-order valence-electron chi connectivity index (χ0n) is 10.9. The number of nitrogen functional groups attached to an aromatic ring is 1. The van der Waals surface area contributed by atoms with E-state index in [4.69, 9.17) is 10.5 Å². The molecule has 2 N–H and O–H groups in total. The number of nitrogens with zero attached hydrogens (tertiary/aromatic N) is 2. The molecule has 0 aliphatic carbocycles. The molecule has 2 rings (SSSR count). The normalized spacial score (nSPS) is 10.2. The van der Waals surface area contributed by atoms with Gasteiger partial charge in [0.1, 0.15) is 0 Å². The average molecular weight is 257 g/mol. The first kappa shape index (κ1) is 13.0. The minimum Gasteiger partial charge on any atom is -0.462 e. The van der Waals surface area contributed by atoms with E-state index in [1.165, 1.54) is 6.20 Å². The Morgan fingerprint density at radius 1 is 1.42 bits per heavy atom. The SMILES string of the molecule is CCOC(=O)c1cnc(-c2cccc(N)c2)nc1C. The van der Waals surface area contributed by atoms with Crippen molar-refractivity contribution < 1.29 is 9.53 Å². The first-order valence-electron chi connectivity index (χ1n) is 5.98. The molecule has 0 saturated heterocycles. The van der Waals surface area contributed by atoms with E-state index in [0.717, 1.165) is 5.56 Å². The summed E-state index contributed by atoms with van der Waals surface area (Å²) in [5.41, 5.74) is 8.16. The molecule has 1 aromatic carbocycles. The van der Waals surface area contributed by atoms with Crippen LogP contribution >= 0.6 is 0 Å². The summed E-state index contributed by atoms with van der Waals surface area (Å²) in [6.07, 6.45) is 1.48. The van der Waals surface area contributed by atoms with Gasteiger partial charge in [-0.05, 0) is 26.0 Å². The Morgan fingerprint density at radius 2 is 2.21 bits per heavy atom. The maximum atomic E-state index is 11.6. The molecule has 19 heavy (non-hydrogen) atoms. The van der Waals surface area contributed by atoms with Crippen molar-refractivity contribution in [1.82, 2.24) is 9.97 Å². The number of carbonyl (C=O) groups excluding carboxylic acids is 1. The molecule has 0 atom stereocenters. The molecule has 0 spiro atoms. The maximum absolute atomic E-state index is 11.6. The van der Waals surface area contributed by atoms with E-state index in [9.17, 15) is 4.79 Å². The summed E-state index contributed by atoms with van der Waals surface area (Å²) in [6.45, 7) is 3.84. The van der Waals surface area contributed by atoms with Gasteiger partial charge in [-0.15, -0.1) is 0 Å². The molecule has 0 bridgehead atoms. The maximum Gasteiger partial charge on any atom is 0.341 e. The molecule has 5 heteroatoms. The van der Waals surface area contributed by atoms with Crippen molar-refractivity contribution in [2.45, 2.75) is 13.8 Å². The highest BCUT2D eigenvalue weighted by atomic mass is 16.5. The Hall–Kier alpha value is -2.43. The van der Waals surface area contributed by atoms with Gasteiger partial charge in [-0.2, -0.15) is 0 Å². The fourth-order valence-electron chi connectivity index (χ4n) is 1.69. The molecule has 2 aromatic rings. The van der Waals surface area contributed by atoms with Crippen molar-refractivity contribution in [3.05, 3.63) is 41.7 Å². The molecule has 1 aromatic heterocycles. The number of nitrogens with two attached hydrogens (primary N) is 1. The Morgan fingerprint density at radius 3 is 2.84 bits per heavy atom. The van der Waals surface area contributed by atoms with Crippen LogP contribution in [0, 0.1) is 6.92 Å². The minimum absolute atomic E-state index is 0.329. The smallest absolute Gasteiger partial charge is 0.341 e. The Kier molecular flexibility index (Phi) is 3.75. The molecule has 0 aliphatic heterocycles. The minimum atomic E-state index is -0.404. The summed E-state index contributed by atoms with van der Waals surface area (Å²) < 4.78 is 4.93. The van der Waals surface area contributed by atoms with Crippen LogP contribution in [0.15, 0.2) is 30.5 Å². The number of anilines is 1. The molecule has 1 heterocycles. The summed E-state index contributed by atoms with van der Waals surface area (Å²) in [4.78, 5) is 20.2. The summed E-state index contributed by atoms with van der Waals surface area (Å²) in [5.74, 6) is 0.136. The van der Waals surface area contributed by atoms with E-state index in [1.807, 2.05) is 12.1 Å². The number of rotatable bonds is 3. The highest BCUT2D eigenvalue weighted by molar-refractivity contribution is 5.90. The predicted octanol–water partition coefficient (Wildman–Crippen LogP) is 2.21. The molecule has 98 valence electrons. The number of aryl methyl sites for hydroxylation is 1. The topological polar surface area (TPSA) is 78.1 Å². The standard InChI is InChI=1S/C14H15N3O2/c1-3-19-14(18)12-8-16-13(17-9(12)2)10-5-4-6-11(15)7-10/h4-8H,3,15H2,1-2H3. The number of hydrogen-bond acceptors (Lipinski definition) is 5. The quantitative estimate of drug-likeness (QED) is 0.673. The third-order valence-corrected chi connectivity index (χ3v) is 2.62. The van der Waals surface area contributed by atoms with Gasteiger partial charge in [-0.1, -0.05) is 12.1 Å². The lowest BCUT2D eigenvalue weighted by Gasteiger charge is -2.06. The predicted molar refractivity (Wildman–Crippen MR) is 72.6 cm³/mol. The van der Waals surface area contributed by atoms with Crippen LogP contribution in [0.4, 0.5) is 5.69 Å². The van der Waals surface area contributed by atoms with Gasteiger partial charge in [-0.25, -0.2) is 14.8 Å². The third kappa shape index (κ3) is 2.88. The number of hydrogen-bond donors (Lipinski definition) is 1. The monoisotopic (exact) mass is 257 g/mol. The van der Waals surface area contributed by atoms with E-state index in [1.54, 1.807) is 26.0 Å². The van der Waals surface area contributed by atoms with Gasteiger partial charge in [0, 0.05) is 17.4 Å². The first-order valence-corrected chi connectivity index (χ1v) is 5.98. The van der Waals surface area contributed by atoms with E-state index in [0.29, 0.717) is 29.4 Å². The summed E-state index contributed by atoms with van der Waals surface area (Å²) in [6, 6.07) is 7.29. The van der Waals surface area contributed by atoms with Crippen molar-refractivity contribution in [2.24, 2.45) is 0 Å². The second kappa shape index (κ2) is 5.48. The highest BCUT2D eigenvalue weighted by Crippen LogP contribution is 2.18. The number of benzene rings is 1. The number of aromatic nitrogens is 2. The van der Waals surface area contributed by atoms with Gasteiger partial charge in [0.05, 0.1) is 17.9 Å². The zero-order valence-corrected chi connectivity index (χ0v) is 10.9. The molecular weight excluding hydrogens is 242 g/mol. The summed E-state index contributed by atoms with van der Waals surface area (Å²) in [7, 11) is 0. The number of esters is 1. The van der Waals surface area contributed by atoms with Crippen LogP contribution in [-0.4, -0.2) is 22.5 Å². The second-order valence-electron chi connectivity index (χ2n) is 4.04. The van der Waals surface area contributed by atoms with Crippen molar-refractivity contribution in [1.29, 1.82) is 0 Å². The van der Waals surface area contributed by atoms with Gasteiger partial charge >= 0.3 is 5.97 Å². The van der Waals surface area contributed by atoms with Gasteiger partial charge in [0.25, 0.3) is 0 Å². The molecule has 0 amide bonds. The summed E-state index contributed by atoms with van der Waals surface area (Å²) >= 11 is 0. The molecular formula is C14H15N3O2. The zero-order chi connectivity index (χ0) is 13.8. The Balaban J connectivity index is 2.36. The number of carbonyl (C=O) groups is 1.